The molecule has 0 aromatic rings. The minimum atomic E-state index is -0.0360. The van der Waals surface area contributed by atoms with Crippen molar-refractivity contribution in [1.29, 1.82) is 0 Å². The maximum Gasteiger partial charge on any atom is 0.0580 e. The van der Waals surface area contributed by atoms with Crippen LogP contribution in [0.3, 0.4) is 0 Å². The van der Waals surface area contributed by atoms with E-state index in [9.17, 15) is 5.11 Å². The van der Waals surface area contributed by atoms with Gasteiger partial charge >= 0.3 is 0 Å². The van der Waals surface area contributed by atoms with Crippen molar-refractivity contribution in [3.05, 3.63) is 0 Å². The Morgan fingerprint density at radius 2 is 1.91 bits per heavy atom. The molecule has 1 saturated carbocycles. The van der Waals surface area contributed by atoms with Crippen LogP contribution in [0.5, 0.6) is 0 Å². The SMILES string of the molecule is CN(C)C[C@H]1CCCC[C@@H]1O. The average molecular weight is 157 g/mol. The quantitative estimate of drug-likeness (QED) is 0.649. The zero-order chi connectivity index (χ0) is 8.27. The Labute approximate surface area is 69.2 Å². The molecule has 0 spiro atoms. The van der Waals surface area contributed by atoms with Crippen LogP contribution < -0.4 is 0 Å². The Kier molecular flexibility index (Phi) is 3.34. The van der Waals surface area contributed by atoms with Crippen molar-refractivity contribution in [2.45, 2.75) is 31.8 Å². The van der Waals surface area contributed by atoms with Crippen molar-refractivity contribution in [3.63, 3.8) is 0 Å². The summed E-state index contributed by atoms with van der Waals surface area (Å²) in [7, 11) is 4.14. The number of aliphatic hydroxyl groups is 1. The molecule has 0 radical (unpaired) electrons. The monoisotopic (exact) mass is 157 g/mol. The lowest BCUT2D eigenvalue weighted by Gasteiger charge is -2.29. The lowest BCUT2D eigenvalue weighted by molar-refractivity contribution is 0.0555. The third-order valence-corrected chi connectivity index (χ3v) is 2.47. The van der Waals surface area contributed by atoms with Gasteiger partial charge in [0.2, 0.25) is 0 Å². The lowest BCUT2D eigenvalue weighted by atomic mass is 9.86. The molecule has 0 aliphatic heterocycles. The molecule has 11 heavy (non-hydrogen) atoms. The smallest absolute Gasteiger partial charge is 0.0580 e. The summed E-state index contributed by atoms with van der Waals surface area (Å²) in [6, 6.07) is 0. The van der Waals surface area contributed by atoms with E-state index < -0.39 is 0 Å². The van der Waals surface area contributed by atoms with E-state index in [4.69, 9.17) is 0 Å². The Morgan fingerprint density at radius 1 is 1.27 bits per heavy atom. The standard InChI is InChI=1S/C9H19NO/c1-10(2)7-8-5-3-4-6-9(8)11/h8-9,11H,3-7H2,1-2H3/t8-,9+/m1/s1. The van der Waals surface area contributed by atoms with E-state index >= 15 is 0 Å². The average Bonchev–Trinajstić information content (AvgIpc) is 1.93. The van der Waals surface area contributed by atoms with Gasteiger partial charge < -0.3 is 10.0 Å². The fourth-order valence-electron chi connectivity index (χ4n) is 1.87. The summed E-state index contributed by atoms with van der Waals surface area (Å²) < 4.78 is 0. The normalized spacial score (nSPS) is 32.7. The Morgan fingerprint density at radius 3 is 2.45 bits per heavy atom. The van der Waals surface area contributed by atoms with Gasteiger partial charge in [-0.25, -0.2) is 0 Å². The van der Waals surface area contributed by atoms with Gasteiger partial charge in [-0.1, -0.05) is 12.8 Å². The van der Waals surface area contributed by atoms with E-state index in [1.165, 1.54) is 19.3 Å². The fraction of sp³-hybridized carbons (Fsp3) is 1.00. The molecule has 0 amide bonds. The van der Waals surface area contributed by atoms with Crippen LogP contribution in [0.15, 0.2) is 0 Å². The van der Waals surface area contributed by atoms with Crippen LogP contribution in [0.25, 0.3) is 0 Å². The fourth-order valence-corrected chi connectivity index (χ4v) is 1.87. The molecular weight excluding hydrogens is 138 g/mol. The van der Waals surface area contributed by atoms with Gasteiger partial charge in [-0.3, -0.25) is 0 Å². The molecule has 1 fully saturated rings. The van der Waals surface area contributed by atoms with Crippen molar-refractivity contribution in [3.8, 4) is 0 Å². The Hall–Kier alpha value is -0.0800. The van der Waals surface area contributed by atoms with Crippen LogP contribution in [-0.2, 0) is 0 Å². The van der Waals surface area contributed by atoms with Gasteiger partial charge in [0.25, 0.3) is 0 Å². The van der Waals surface area contributed by atoms with Crippen molar-refractivity contribution in [2.75, 3.05) is 20.6 Å². The highest BCUT2D eigenvalue weighted by Crippen LogP contribution is 2.24. The summed E-state index contributed by atoms with van der Waals surface area (Å²) in [5.74, 6) is 0.527. The molecule has 2 nitrogen and oxygen atoms in total. The van der Waals surface area contributed by atoms with Gasteiger partial charge in [-0.15, -0.1) is 0 Å². The van der Waals surface area contributed by atoms with Crippen LogP contribution in [0, 0.1) is 5.92 Å². The van der Waals surface area contributed by atoms with Crippen molar-refractivity contribution >= 4 is 0 Å². The zero-order valence-corrected chi connectivity index (χ0v) is 7.58. The number of hydrogen-bond acceptors (Lipinski definition) is 2. The maximum atomic E-state index is 9.59. The Balaban J connectivity index is 2.29. The topological polar surface area (TPSA) is 23.5 Å². The van der Waals surface area contributed by atoms with E-state index in [-0.39, 0.29) is 6.10 Å². The molecule has 1 N–H and O–H groups in total. The largest absolute Gasteiger partial charge is 0.393 e. The first-order chi connectivity index (χ1) is 5.20. The first-order valence-corrected chi connectivity index (χ1v) is 4.53. The van der Waals surface area contributed by atoms with Crippen LogP contribution in [0.2, 0.25) is 0 Å². The van der Waals surface area contributed by atoms with Crippen LogP contribution in [-0.4, -0.2) is 36.8 Å². The molecule has 0 bridgehead atoms. The summed E-state index contributed by atoms with van der Waals surface area (Å²) in [4.78, 5) is 2.17. The summed E-state index contributed by atoms with van der Waals surface area (Å²) in [6.07, 6.45) is 4.70. The van der Waals surface area contributed by atoms with E-state index in [1.807, 2.05) is 0 Å². The summed E-state index contributed by atoms with van der Waals surface area (Å²) in [5.41, 5.74) is 0. The van der Waals surface area contributed by atoms with E-state index in [0.29, 0.717) is 5.92 Å². The van der Waals surface area contributed by atoms with Gasteiger partial charge in [0.15, 0.2) is 0 Å². The first-order valence-electron chi connectivity index (χ1n) is 4.53. The molecular formula is C9H19NO. The predicted molar refractivity (Wildman–Crippen MR) is 46.5 cm³/mol. The van der Waals surface area contributed by atoms with Crippen molar-refractivity contribution in [2.24, 2.45) is 5.92 Å². The second-order valence-corrected chi connectivity index (χ2v) is 3.87. The zero-order valence-electron chi connectivity index (χ0n) is 7.58. The van der Waals surface area contributed by atoms with Crippen molar-refractivity contribution in [1.82, 2.24) is 4.90 Å². The lowest BCUT2D eigenvalue weighted by Crippen LogP contribution is -2.33. The summed E-state index contributed by atoms with van der Waals surface area (Å²) in [5, 5.41) is 9.59. The van der Waals surface area contributed by atoms with E-state index in [2.05, 4.69) is 19.0 Å². The second kappa shape index (κ2) is 4.07. The van der Waals surface area contributed by atoms with Crippen molar-refractivity contribution < 1.29 is 5.11 Å². The number of nitrogens with zero attached hydrogens (tertiary/aromatic N) is 1. The third kappa shape index (κ3) is 2.80. The molecule has 1 rings (SSSR count). The highest BCUT2D eigenvalue weighted by Gasteiger charge is 2.22. The minimum absolute atomic E-state index is 0.0360. The molecule has 1 aliphatic carbocycles. The van der Waals surface area contributed by atoms with E-state index in [1.54, 1.807) is 0 Å². The molecule has 0 aromatic carbocycles. The van der Waals surface area contributed by atoms with Gasteiger partial charge in [0.1, 0.15) is 0 Å². The minimum Gasteiger partial charge on any atom is -0.393 e. The highest BCUT2D eigenvalue weighted by molar-refractivity contribution is 4.75. The first kappa shape index (κ1) is 9.01. The van der Waals surface area contributed by atoms with Gasteiger partial charge in [-0.05, 0) is 32.9 Å². The van der Waals surface area contributed by atoms with Gasteiger partial charge in [0, 0.05) is 6.54 Å². The molecule has 2 heteroatoms. The maximum absolute atomic E-state index is 9.59. The number of hydrogen-bond donors (Lipinski definition) is 1. The predicted octanol–water partition coefficient (Wildman–Crippen LogP) is 1.10. The molecule has 0 unspecified atom stereocenters. The van der Waals surface area contributed by atoms with Crippen LogP contribution in [0.1, 0.15) is 25.7 Å². The second-order valence-electron chi connectivity index (χ2n) is 3.87. The molecule has 66 valence electrons. The third-order valence-electron chi connectivity index (χ3n) is 2.47. The number of rotatable bonds is 2. The molecule has 0 aromatic heterocycles. The number of aliphatic hydroxyl groups excluding tert-OH is 1. The Bertz CT molecular complexity index is 114. The molecule has 2 atom stereocenters. The van der Waals surface area contributed by atoms with Crippen LogP contribution >= 0.6 is 0 Å². The van der Waals surface area contributed by atoms with Gasteiger partial charge in [0.05, 0.1) is 6.10 Å². The van der Waals surface area contributed by atoms with E-state index in [0.717, 1.165) is 13.0 Å². The van der Waals surface area contributed by atoms with Crippen LogP contribution in [0.4, 0.5) is 0 Å². The summed E-state index contributed by atoms with van der Waals surface area (Å²) in [6.45, 7) is 1.04. The highest BCUT2D eigenvalue weighted by atomic mass is 16.3. The molecule has 1 aliphatic rings. The molecule has 0 saturated heterocycles. The molecule has 0 heterocycles. The van der Waals surface area contributed by atoms with Gasteiger partial charge in [-0.2, -0.15) is 0 Å². The summed E-state index contributed by atoms with van der Waals surface area (Å²) >= 11 is 0.